The molecule has 4 aliphatic rings. The molecule has 2 unspecified atom stereocenters. The molecule has 2 aromatic heterocycles. The van der Waals surface area contributed by atoms with E-state index in [1.807, 2.05) is 64.2 Å². The first-order valence-electron chi connectivity index (χ1n) is 25.3. The molecule has 0 aliphatic carbocycles. The van der Waals surface area contributed by atoms with Crippen LogP contribution in [0.25, 0.3) is 11.3 Å². The largest absolute Gasteiger partial charge is 0.457 e. The van der Waals surface area contributed by atoms with Gasteiger partial charge in [-0.3, -0.25) is 39.0 Å². The molecular formula is C52H61N11O12. The number of hydrogen-bond acceptors (Lipinski definition) is 17. The molecule has 5 N–H and O–H groups in total. The summed E-state index contributed by atoms with van der Waals surface area (Å²) in [5.41, 5.74) is 8.93. The lowest BCUT2D eigenvalue weighted by atomic mass is 9.86. The number of primary amides is 1. The topological polar surface area (TPSA) is 275 Å². The summed E-state index contributed by atoms with van der Waals surface area (Å²) in [5.74, 6) is -0.642. The predicted molar refractivity (Wildman–Crippen MR) is 269 cm³/mol. The van der Waals surface area contributed by atoms with Crippen LogP contribution >= 0.6 is 0 Å². The maximum atomic E-state index is 13.5. The Morgan fingerprint density at radius 3 is 2.07 bits per heavy atom. The minimum atomic E-state index is -1.01. The number of ether oxygens (including phenoxy) is 6. The Labute approximate surface area is 432 Å². The first kappa shape index (κ1) is 52.3. The predicted octanol–water partition coefficient (Wildman–Crippen LogP) is 3.54. The van der Waals surface area contributed by atoms with Gasteiger partial charge in [0.1, 0.15) is 34.6 Å². The minimum absolute atomic E-state index is 0.0304. The van der Waals surface area contributed by atoms with E-state index in [2.05, 4.69) is 26.3 Å². The molecule has 0 bridgehead atoms. The van der Waals surface area contributed by atoms with Gasteiger partial charge in [-0.2, -0.15) is 5.10 Å². The highest BCUT2D eigenvalue weighted by Crippen LogP contribution is 2.40. The molecule has 5 aromatic rings. The number of amides is 6. The summed E-state index contributed by atoms with van der Waals surface area (Å²) >= 11 is 0. The molecule has 0 saturated carbocycles. The molecule has 2 fully saturated rings. The van der Waals surface area contributed by atoms with Crippen molar-refractivity contribution in [2.24, 2.45) is 11.7 Å². The van der Waals surface area contributed by atoms with Crippen LogP contribution in [0.2, 0.25) is 0 Å². The Bertz CT molecular complexity index is 2810. The minimum Gasteiger partial charge on any atom is -0.457 e. The second-order valence-corrected chi connectivity index (χ2v) is 18.3. The number of likely N-dealkylation sites (tertiary alicyclic amines) is 1. The Kier molecular flexibility index (Phi) is 17.5. The summed E-state index contributed by atoms with van der Waals surface area (Å²) in [6.07, 6.45) is 4.17. The van der Waals surface area contributed by atoms with Gasteiger partial charge in [-0.25, -0.2) is 9.36 Å². The molecule has 0 spiro atoms. The summed E-state index contributed by atoms with van der Waals surface area (Å²) in [7, 11) is 0. The van der Waals surface area contributed by atoms with Crippen LogP contribution in [0, 0.1) is 5.92 Å². The van der Waals surface area contributed by atoms with E-state index in [0.29, 0.717) is 127 Å². The Balaban J connectivity index is 0.588. The number of piperidine rings is 2. The molecule has 3 aromatic carbocycles. The van der Waals surface area contributed by atoms with Crippen molar-refractivity contribution in [1.82, 2.24) is 39.9 Å². The van der Waals surface area contributed by atoms with Crippen molar-refractivity contribution in [3.8, 4) is 22.8 Å². The van der Waals surface area contributed by atoms with E-state index in [9.17, 15) is 28.8 Å². The zero-order valence-electron chi connectivity index (χ0n) is 41.5. The average Bonchev–Trinajstić information content (AvgIpc) is 4.13. The maximum absolute atomic E-state index is 13.5. The van der Waals surface area contributed by atoms with Crippen molar-refractivity contribution in [3.63, 3.8) is 0 Å². The highest BCUT2D eigenvalue weighted by atomic mass is 16.6. The van der Waals surface area contributed by atoms with Gasteiger partial charge in [-0.15, -0.1) is 5.10 Å². The van der Waals surface area contributed by atoms with Gasteiger partial charge in [0.2, 0.25) is 11.8 Å². The fraction of sp³-hybridized carbons (Fsp3) is 0.442. The SMILES string of the molecule is NC(=O)c1c(-c2ccc(Oc3ccccc3)cc2)nn2c1NCCC2C1CCN(C(=O)c2cn(CCOCCOCCOCCOCCOCCNc3ccc4c(c3)C(=O)N(C3CCC(=O)NC3=O)C4=O)nn2)CC1. The molecule has 396 valence electrons. The summed E-state index contributed by atoms with van der Waals surface area (Å²) in [4.78, 5) is 78.8. The third-order valence-electron chi connectivity index (χ3n) is 13.4. The van der Waals surface area contributed by atoms with Crippen molar-refractivity contribution in [1.29, 1.82) is 0 Å². The lowest BCUT2D eigenvalue weighted by Crippen LogP contribution is -2.54. The Hall–Kier alpha value is -7.57. The summed E-state index contributed by atoms with van der Waals surface area (Å²) in [6.45, 7) is 6.56. The van der Waals surface area contributed by atoms with Crippen molar-refractivity contribution in [3.05, 3.63) is 101 Å². The maximum Gasteiger partial charge on any atom is 0.276 e. The third-order valence-corrected chi connectivity index (χ3v) is 13.4. The highest BCUT2D eigenvalue weighted by Gasteiger charge is 2.45. The number of hydrogen-bond donors (Lipinski definition) is 4. The first-order chi connectivity index (χ1) is 36.6. The number of nitrogens with one attached hydrogen (secondary N) is 3. The summed E-state index contributed by atoms with van der Waals surface area (Å²) < 4.78 is 37.5. The zero-order valence-corrected chi connectivity index (χ0v) is 41.5. The molecule has 23 nitrogen and oxygen atoms in total. The molecule has 2 saturated heterocycles. The highest BCUT2D eigenvalue weighted by molar-refractivity contribution is 6.23. The molecule has 2 atom stereocenters. The van der Waals surface area contributed by atoms with Gasteiger partial charge >= 0.3 is 0 Å². The van der Waals surface area contributed by atoms with Gasteiger partial charge in [-0.05, 0) is 86.2 Å². The van der Waals surface area contributed by atoms with Crippen LogP contribution in [0.15, 0.2) is 79.0 Å². The molecule has 75 heavy (non-hydrogen) atoms. The standard InChI is InChI=1S/C52H61N11O12/c53-47(65)45-46(35-6-9-38(10-7-35)75-37-4-2-1-3-5-37)58-63-42(14-17-55-48(45)63)34-15-19-60(20-16-34)52(69)41-33-61(59-57-41)21-23-71-25-27-73-29-31-74-30-28-72-26-24-70-22-18-54-36-8-11-39-40(32-36)51(68)62(50(39)67)43-12-13-44(64)56-49(43)66/h1-11,32-34,42-43,54-55H,12-31H2,(H2,53,65)(H,56,64,66). The van der Waals surface area contributed by atoms with Gasteiger partial charge in [0.05, 0.1) is 96.0 Å². The number of carbonyl (C=O) groups is 6. The number of imide groups is 2. The fourth-order valence-corrected chi connectivity index (χ4v) is 9.62. The van der Waals surface area contributed by atoms with Crippen LogP contribution < -0.4 is 26.4 Å². The molecule has 0 radical (unpaired) electrons. The number of rotatable bonds is 26. The number of nitrogens with zero attached hydrogens (tertiary/aromatic N) is 7. The molecule has 6 amide bonds. The Morgan fingerprint density at radius 1 is 0.733 bits per heavy atom. The third kappa shape index (κ3) is 12.9. The van der Waals surface area contributed by atoms with Crippen LogP contribution in [-0.2, 0) is 39.8 Å². The van der Waals surface area contributed by atoms with Gasteiger partial charge < -0.3 is 49.7 Å². The van der Waals surface area contributed by atoms with Crippen LogP contribution in [0.5, 0.6) is 11.5 Å². The monoisotopic (exact) mass is 1030 g/mol. The van der Waals surface area contributed by atoms with Crippen LogP contribution in [0.3, 0.4) is 0 Å². The first-order valence-corrected chi connectivity index (χ1v) is 25.3. The van der Waals surface area contributed by atoms with E-state index in [0.717, 1.165) is 35.5 Å². The number of fused-ring (bicyclic) bond motifs is 2. The summed E-state index contributed by atoms with van der Waals surface area (Å²) in [5, 5.41) is 22.0. The molecule has 23 heteroatoms. The Morgan fingerprint density at radius 2 is 1.39 bits per heavy atom. The van der Waals surface area contributed by atoms with E-state index in [1.54, 1.807) is 29.1 Å². The molecule has 9 rings (SSSR count). The number of aromatic nitrogens is 5. The second-order valence-electron chi connectivity index (χ2n) is 18.3. The molecule has 4 aliphatic heterocycles. The number of anilines is 2. The lowest BCUT2D eigenvalue weighted by Gasteiger charge is -2.38. The zero-order chi connectivity index (χ0) is 52.1. The number of benzene rings is 3. The van der Waals surface area contributed by atoms with E-state index < -0.39 is 35.6 Å². The average molecular weight is 1030 g/mol. The van der Waals surface area contributed by atoms with Gasteiger partial charge in [0.25, 0.3) is 23.6 Å². The normalized spacial score (nSPS) is 17.7. The van der Waals surface area contributed by atoms with Gasteiger partial charge in [-0.1, -0.05) is 23.4 Å². The van der Waals surface area contributed by atoms with Gasteiger partial charge in [0, 0.05) is 43.9 Å². The van der Waals surface area contributed by atoms with Gasteiger partial charge in [0.15, 0.2) is 5.69 Å². The van der Waals surface area contributed by atoms with Crippen molar-refractivity contribution in [2.45, 2.75) is 50.7 Å². The van der Waals surface area contributed by atoms with Crippen molar-refractivity contribution >= 4 is 46.9 Å². The fourth-order valence-electron chi connectivity index (χ4n) is 9.62. The summed E-state index contributed by atoms with van der Waals surface area (Å²) in [6, 6.07) is 20.8. The van der Waals surface area contributed by atoms with E-state index in [1.165, 1.54) is 0 Å². The van der Waals surface area contributed by atoms with E-state index in [4.69, 9.17) is 39.3 Å². The lowest BCUT2D eigenvalue weighted by molar-refractivity contribution is -0.136. The number of nitrogens with two attached hydrogens (primary N) is 1. The van der Waals surface area contributed by atoms with E-state index in [-0.39, 0.29) is 47.5 Å². The van der Waals surface area contributed by atoms with Crippen LogP contribution in [-0.4, -0.2) is 168 Å². The van der Waals surface area contributed by atoms with Crippen LogP contribution in [0.1, 0.15) is 79.7 Å². The number of carbonyl (C=O) groups excluding carboxylic acids is 6. The second kappa shape index (κ2) is 25.1. The van der Waals surface area contributed by atoms with E-state index >= 15 is 0 Å². The smallest absolute Gasteiger partial charge is 0.276 e. The van der Waals surface area contributed by atoms with Crippen molar-refractivity contribution < 1.29 is 57.2 Å². The van der Waals surface area contributed by atoms with Crippen LogP contribution in [0.4, 0.5) is 11.5 Å². The van der Waals surface area contributed by atoms with Crippen molar-refractivity contribution in [2.75, 3.05) is 103 Å². The molecule has 6 heterocycles. The molecular weight excluding hydrogens is 971 g/mol. The number of para-hydroxylation sites is 1. The quantitative estimate of drug-likeness (QED) is 0.0455.